The van der Waals surface area contributed by atoms with Gasteiger partial charge in [0.25, 0.3) is 5.88 Å². The van der Waals surface area contributed by atoms with E-state index in [2.05, 4.69) is 79.7 Å². The lowest BCUT2D eigenvalue weighted by Gasteiger charge is -2.36. The third kappa shape index (κ3) is 4.84. The van der Waals surface area contributed by atoms with Crippen molar-refractivity contribution in [1.29, 1.82) is 0 Å². The first-order valence-electron chi connectivity index (χ1n) is 10.0. The van der Waals surface area contributed by atoms with Crippen molar-refractivity contribution < 1.29 is 4.74 Å². The molecule has 1 aromatic heterocycles. The number of benzene rings is 2. The molecule has 0 saturated carbocycles. The van der Waals surface area contributed by atoms with Crippen molar-refractivity contribution in [2.75, 3.05) is 43.5 Å². The third-order valence-corrected chi connectivity index (χ3v) is 5.31. The second kappa shape index (κ2) is 9.39. The Morgan fingerprint density at radius 1 is 0.862 bits per heavy atom. The number of nitrogens with zero attached hydrogens (tertiary/aromatic N) is 4. The van der Waals surface area contributed by atoms with Crippen LogP contribution in [-0.2, 0) is 13.1 Å². The van der Waals surface area contributed by atoms with Gasteiger partial charge >= 0.3 is 0 Å². The van der Waals surface area contributed by atoms with Crippen LogP contribution in [0.2, 0.25) is 0 Å². The van der Waals surface area contributed by atoms with Gasteiger partial charge in [0.05, 0.1) is 7.11 Å². The largest absolute Gasteiger partial charge is 0.478 e. The summed E-state index contributed by atoms with van der Waals surface area (Å²) in [4.78, 5) is 13.5. The molecule has 0 bridgehead atoms. The standard InChI is InChI=1S/C23H27N5O/c1-29-23-22(24-11-12-25-23)26-17-19-7-5-6-8-20(19)18-27-13-15-28(16-14-27)21-9-3-2-4-10-21/h2-12H,13-18H2,1H3,(H,24,26). The predicted octanol–water partition coefficient (Wildman–Crippen LogP) is 3.42. The Labute approximate surface area is 172 Å². The fourth-order valence-electron chi connectivity index (χ4n) is 3.70. The van der Waals surface area contributed by atoms with E-state index in [0.717, 1.165) is 32.7 Å². The van der Waals surface area contributed by atoms with Gasteiger partial charge in [0.2, 0.25) is 0 Å². The molecule has 0 atom stereocenters. The first kappa shape index (κ1) is 19.2. The number of methoxy groups -OCH3 is 1. The number of para-hydroxylation sites is 1. The smallest absolute Gasteiger partial charge is 0.257 e. The highest BCUT2D eigenvalue weighted by Crippen LogP contribution is 2.21. The van der Waals surface area contributed by atoms with E-state index in [0.29, 0.717) is 18.2 Å². The van der Waals surface area contributed by atoms with Crippen molar-refractivity contribution in [1.82, 2.24) is 14.9 Å². The molecule has 29 heavy (non-hydrogen) atoms. The van der Waals surface area contributed by atoms with Crippen LogP contribution in [0.4, 0.5) is 11.5 Å². The lowest BCUT2D eigenvalue weighted by atomic mass is 10.1. The molecule has 1 N–H and O–H groups in total. The maximum Gasteiger partial charge on any atom is 0.257 e. The minimum absolute atomic E-state index is 0.516. The molecule has 1 aliphatic rings. The van der Waals surface area contributed by atoms with Crippen LogP contribution in [0.3, 0.4) is 0 Å². The summed E-state index contributed by atoms with van der Waals surface area (Å²) in [6, 6.07) is 19.3. The average molecular weight is 390 g/mol. The topological polar surface area (TPSA) is 53.5 Å². The van der Waals surface area contributed by atoms with E-state index in [1.807, 2.05) is 0 Å². The molecule has 6 nitrogen and oxygen atoms in total. The summed E-state index contributed by atoms with van der Waals surface area (Å²) in [5.74, 6) is 1.18. The molecular weight excluding hydrogens is 362 g/mol. The summed E-state index contributed by atoms with van der Waals surface area (Å²) in [6.07, 6.45) is 3.30. The second-order valence-corrected chi connectivity index (χ2v) is 7.14. The van der Waals surface area contributed by atoms with Gasteiger partial charge < -0.3 is 15.0 Å². The van der Waals surface area contributed by atoms with Crippen LogP contribution in [0.15, 0.2) is 67.0 Å². The maximum absolute atomic E-state index is 5.28. The monoisotopic (exact) mass is 389 g/mol. The van der Waals surface area contributed by atoms with E-state index in [1.54, 1.807) is 19.5 Å². The van der Waals surface area contributed by atoms with Gasteiger partial charge in [-0.25, -0.2) is 9.97 Å². The predicted molar refractivity (Wildman–Crippen MR) is 116 cm³/mol. The Kier molecular flexibility index (Phi) is 6.22. The molecule has 0 spiro atoms. The van der Waals surface area contributed by atoms with Gasteiger partial charge in [-0.05, 0) is 23.3 Å². The Balaban J connectivity index is 1.36. The molecule has 0 amide bonds. The van der Waals surface area contributed by atoms with Gasteiger partial charge in [0.15, 0.2) is 5.82 Å². The molecule has 1 saturated heterocycles. The van der Waals surface area contributed by atoms with Crippen molar-refractivity contribution in [2.45, 2.75) is 13.1 Å². The quantitative estimate of drug-likeness (QED) is 0.668. The molecule has 2 heterocycles. The molecule has 150 valence electrons. The summed E-state index contributed by atoms with van der Waals surface area (Å²) < 4.78 is 5.28. The van der Waals surface area contributed by atoms with Gasteiger partial charge in [0, 0.05) is 57.3 Å². The average Bonchev–Trinajstić information content (AvgIpc) is 2.80. The van der Waals surface area contributed by atoms with Crippen LogP contribution in [0.1, 0.15) is 11.1 Å². The Bertz CT molecular complexity index is 910. The maximum atomic E-state index is 5.28. The summed E-state index contributed by atoms with van der Waals surface area (Å²) in [6.45, 7) is 5.89. The van der Waals surface area contributed by atoms with E-state index in [1.165, 1.54) is 16.8 Å². The van der Waals surface area contributed by atoms with Crippen molar-refractivity contribution in [3.63, 3.8) is 0 Å². The first-order valence-corrected chi connectivity index (χ1v) is 10.0. The summed E-state index contributed by atoms with van der Waals surface area (Å²) in [5, 5.41) is 3.36. The molecule has 0 radical (unpaired) electrons. The van der Waals surface area contributed by atoms with Gasteiger partial charge in [-0.15, -0.1) is 0 Å². The van der Waals surface area contributed by atoms with Crippen LogP contribution in [-0.4, -0.2) is 48.2 Å². The van der Waals surface area contributed by atoms with E-state index in [9.17, 15) is 0 Å². The van der Waals surface area contributed by atoms with Crippen molar-refractivity contribution >= 4 is 11.5 Å². The normalized spacial score (nSPS) is 14.6. The lowest BCUT2D eigenvalue weighted by molar-refractivity contribution is 0.249. The Hall–Kier alpha value is -3.12. The van der Waals surface area contributed by atoms with E-state index < -0.39 is 0 Å². The zero-order valence-corrected chi connectivity index (χ0v) is 16.8. The second-order valence-electron chi connectivity index (χ2n) is 7.14. The van der Waals surface area contributed by atoms with Crippen LogP contribution in [0, 0.1) is 0 Å². The highest BCUT2D eigenvalue weighted by molar-refractivity contribution is 5.47. The molecule has 1 fully saturated rings. The molecule has 2 aromatic carbocycles. The highest BCUT2D eigenvalue weighted by atomic mass is 16.5. The van der Waals surface area contributed by atoms with E-state index in [-0.39, 0.29) is 0 Å². The molecule has 1 aliphatic heterocycles. The van der Waals surface area contributed by atoms with Gasteiger partial charge in [-0.3, -0.25) is 4.90 Å². The minimum atomic E-state index is 0.516. The molecular formula is C23H27N5O. The van der Waals surface area contributed by atoms with Crippen molar-refractivity contribution in [2.24, 2.45) is 0 Å². The molecule has 4 rings (SSSR count). The SMILES string of the molecule is COc1nccnc1NCc1ccccc1CN1CCN(c2ccccc2)CC1. The minimum Gasteiger partial charge on any atom is -0.478 e. The summed E-state index contributed by atoms with van der Waals surface area (Å²) >= 11 is 0. The zero-order chi connectivity index (χ0) is 19.9. The molecule has 6 heteroatoms. The lowest BCUT2D eigenvalue weighted by Crippen LogP contribution is -2.46. The summed E-state index contributed by atoms with van der Waals surface area (Å²) in [5.41, 5.74) is 3.93. The Morgan fingerprint density at radius 2 is 1.55 bits per heavy atom. The van der Waals surface area contributed by atoms with Gasteiger partial charge in [-0.1, -0.05) is 42.5 Å². The number of hydrogen-bond acceptors (Lipinski definition) is 6. The van der Waals surface area contributed by atoms with E-state index >= 15 is 0 Å². The third-order valence-electron chi connectivity index (χ3n) is 5.31. The number of nitrogens with one attached hydrogen (secondary N) is 1. The van der Waals surface area contributed by atoms with Gasteiger partial charge in [-0.2, -0.15) is 0 Å². The summed E-state index contributed by atoms with van der Waals surface area (Å²) in [7, 11) is 1.61. The van der Waals surface area contributed by atoms with Crippen molar-refractivity contribution in [3.05, 3.63) is 78.1 Å². The zero-order valence-electron chi connectivity index (χ0n) is 16.8. The van der Waals surface area contributed by atoms with E-state index in [4.69, 9.17) is 4.74 Å². The molecule has 3 aromatic rings. The first-order chi connectivity index (χ1) is 14.3. The number of rotatable bonds is 7. The number of piperazine rings is 1. The fourth-order valence-corrected chi connectivity index (χ4v) is 3.70. The number of ether oxygens (including phenoxy) is 1. The fraction of sp³-hybridized carbons (Fsp3) is 0.304. The molecule has 0 unspecified atom stereocenters. The van der Waals surface area contributed by atoms with Crippen LogP contribution in [0.5, 0.6) is 5.88 Å². The van der Waals surface area contributed by atoms with Crippen LogP contribution >= 0.6 is 0 Å². The number of anilines is 2. The number of aromatic nitrogens is 2. The van der Waals surface area contributed by atoms with Crippen LogP contribution in [0.25, 0.3) is 0 Å². The van der Waals surface area contributed by atoms with Crippen LogP contribution < -0.4 is 15.0 Å². The Morgan fingerprint density at radius 3 is 2.31 bits per heavy atom. The highest BCUT2D eigenvalue weighted by Gasteiger charge is 2.18. The number of hydrogen-bond donors (Lipinski definition) is 1. The van der Waals surface area contributed by atoms with Gasteiger partial charge in [0.1, 0.15) is 0 Å². The van der Waals surface area contributed by atoms with Crippen molar-refractivity contribution in [3.8, 4) is 5.88 Å². The molecule has 0 aliphatic carbocycles.